The summed E-state index contributed by atoms with van der Waals surface area (Å²) in [6.07, 6.45) is 0. The molecule has 0 spiro atoms. The van der Waals surface area contributed by atoms with Crippen LogP contribution in [0.1, 0.15) is 29.3 Å². The maximum Gasteiger partial charge on any atom is 0.128 e. The fourth-order valence-corrected chi connectivity index (χ4v) is 2.71. The minimum Gasteiger partial charge on any atom is -0.496 e. The van der Waals surface area contributed by atoms with Gasteiger partial charge < -0.3 is 10.1 Å². The lowest BCUT2D eigenvalue weighted by atomic mass is 9.90. The number of alkyl halides is 1. The van der Waals surface area contributed by atoms with Crippen molar-refractivity contribution < 1.29 is 4.74 Å². The highest BCUT2D eigenvalue weighted by molar-refractivity contribution is 6.42. The van der Waals surface area contributed by atoms with Gasteiger partial charge in [0.05, 0.1) is 22.5 Å². The molecule has 2 rings (SSSR count). The van der Waals surface area contributed by atoms with Gasteiger partial charge in [-0.1, -0.05) is 23.2 Å². The molecule has 0 aromatic heterocycles. The molecule has 0 saturated carbocycles. The van der Waals surface area contributed by atoms with E-state index >= 15 is 0 Å². The molecule has 0 radical (unpaired) electrons. The first-order valence-corrected chi connectivity index (χ1v) is 6.66. The first-order chi connectivity index (χ1) is 8.06. The number of ether oxygens (including phenoxy) is 1. The van der Waals surface area contributed by atoms with Gasteiger partial charge in [0, 0.05) is 30.1 Å². The third-order valence-electron chi connectivity index (χ3n) is 3.06. The second-order valence-corrected chi connectivity index (χ2v) is 5.62. The summed E-state index contributed by atoms with van der Waals surface area (Å²) in [5.74, 6) is 1.12. The summed E-state index contributed by atoms with van der Waals surface area (Å²) in [6.45, 7) is 3.69. The predicted molar refractivity (Wildman–Crippen MR) is 72.9 cm³/mol. The van der Waals surface area contributed by atoms with E-state index in [4.69, 9.17) is 39.5 Å². The molecule has 17 heavy (non-hydrogen) atoms. The summed E-state index contributed by atoms with van der Waals surface area (Å²) in [4.78, 5) is 0. The quantitative estimate of drug-likeness (QED) is 0.851. The van der Waals surface area contributed by atoms with Gasteiger partial charge >= 0.3 is 0 Å². The van der Waals surface area contributed by atoms with Gasteiger partial charge in [-0.3, -0.25) is 0 Å². The SMILES string of the molecule is COc1c(C(C)Cl)cc(Cl)c(Cl)c1C1CNC1. The van der Waals surface area contributed by atoms with Crippen molar-refractivity contribution in [2.45, 2.75) is 18.2 Å². The molecule has 0 aliphatic carbocycles. The normalized spacial score (nSPS) is 17.7. The Morgan fingerprint density at radius 2 is 2.06 bits per heavy atom. The monoisotopic (exact) mass is 293 g/mol. The molecule has 2 nitrogen and oxygen atoms in total. The highest BCUT2D eigenvalue weighted by atomic mass is 35.5. The molecule has 1 N–H and O–H groups in total. The summed E-state index contributed by atoms with van der Waals surface area (Å²) in [5.41, 5.74) is 1.87. The van der Waals surface area contributed by atoms with Crippen LogP contribution in [0.4, 0.5) is 0 Å². The smallest absolute Gasteiger partial charge is 0.128 e. The molecule has 0 amide bonds. The van der Waals surface area contributed by atoms with Crippen LogP contribution in [-0.4, -0.2) is 20.2 Å². The van der Waals surface area contributed by atoms with Crippen molar-refractivity contribution >= 4 is 34.8 Å². The summed E-state index contributed by atoms with van der Waals surface area (Å²) in [5, 5.41) is 4.17. The molecule has 0 bridgehead atoms. The Hall–Kier alpha value is -0.150. The van der Waals surface area contributed by atoms with Crippen LogP contribution in [0.15, 0.2) is 6.07 Å². The number of rotatable bonds is 3. The number of hydrogen-bond donors (Lipinski definition) is 1. The van der Waals surface area contributed by atoms with E-state index in [0.29, 0.717) is 16.0 Å². The fraction of sp³-hybridized carbons (Fsp3) is 0.500. The minimum absolute atomic E-state index is 0.161. The van der Waals surface area contributed by atoms with Gasteiger partial charge in [-0.2, -0.15) is 0 Å². The van der Waals surface area contributed by atoms with Gasteiger partial charge in [0.2, 0.25) is 0 Å². The molecular formula is C12H14Cl3NO. The van der Waals surface area contributed by atoms with E-state index < -0.39 is 0 Å². The van der Waals surface area contributed by atoms with Crippen LogP contribution in [0.25, 0.3) is 0 Å². The zero-order valence-electron chi connectivity index (χ0n) is 9.69. The Kier molecular flexibility index (Phi) is 4.09. The number of methoxy groups -OCH3 is 1. The zero-order chi connectivity index (χ0) is 12.6. The highest BCUT2D eigenvalue weighted by Crippen LogP contribution is 2.44. The van der Waals surface area contributed by atoms with Crippen molar-refractivity contribution in [1.29, 1.82) is 0 Å². The van der Waals surface area contributed by atoms with Crippen molar-refractivity contribution in [2.75, 3.05) is 20.2 Å². The lowest BCUT2D eigenvalue weighted by Crippen LogP contribution is -2.40. The van der Waals surface area contributed by atoms with Crippen LogP contribution in [0.5, 0.6) is 5.75 Å². The summed E-state index contributed by atoms with van der Waals surface area (Å²) >= 11 is 18.6. The molecule has 5 heteroatoms. The Balaban J connectivity index is 2.60. The molecule has 1 fully saturated rings. The van der Waals surface area contributed by atoms with Gasteiger partial charge in [0.15, 0.2) is 0 Å². The average molecular weight is 295 g/mol. The molecule has 94 valence electrons. The first kappa shape index (κ1) is 13.3. The Morgan fingerprint density at radius 3 is 2.47 bits per heavy atom. The zero-order valence-corrected chi connectivity index (χ0v) is 12.0. The van der Waals surface area contributed by atoms with Gasteiger partial charge in [-0.05, 0) is 13.0 Å². The van der Waals surface area contributed by atoms with Crippen LogP contribution in [0, 0.1) is 0 Å². The van der Waals surface area contributed by atoms with E-state index in [2.05, 4.69) is 5.32 Å². The van der Waals surface area contributed by atoms with Crippen molar-refractivity contribution in [3.8, 4) is 5.75 Å². The fourth-order valence-electron chi connectivity index (χ4n) is 2.03. The number of benzene rings is 1. The molecule has 1 aliphatic heterocycles. The predicted octanol–water partition coefficient (Wildman–Crippen LogP) is 3.99. The number of nitrogens with one attached hydrogen (secondary N) is 1. The van der Waals surface area contributed by atoms with Crippen LogP contribution in [-0.2, 0) is 0 Å². The summed E-state index contributed by atoms with van der Waals surface area (Å²) in [7, 11) is 1.64. The molecule has 1 atom stereocenters. The third kappa shape index (κ3) is 2.37. The second kappa shape index (κ2) is 5.23. The molecule has 1 aromatic rings. The number of halogens is 3. The highest BCUT2D eigenvalue weighted by Gasteiger charge is 2.29. The topological polar surface area (TPSA) is 21.3 Å². The molecule has 1 unspecified atom stereocenters. The summed E-state index contributed by atoms with van der Waals surface area (Å²) < 4.78 is 5.48. The largest absolute Gasteiger partial charge is 0.496 e. The third-order valence-corrected chi connectivity index (χ3v) is 4.09. The van der Waals surface area contributed by atoms with E-state index in [9.17, 15) is 0 Å². The Bertz CT molecular complexity index is 430. The lowest BCUT2D eigenvalue weighted by molar-refractivity contribution is 0.381. The van der Waals surface area contributed by atoms with Crippen molar-refractivity contribution in [1.82, 2.24) is 5.32 Å². The van der Waals surface area contributed by atoms with E-state index in [1.807, 2.05) is 6.92 Å². The van der Waals surface area contributed by atoms with Crippen LogP contribution in [0.3, 0.4) is 0 Å². The maximum absolute atomic E-state index is 6.28. The van der Waals surface area contributed by atoms with Gasteiger partial charge in [0.1, 0.15) is 5.75 Å². The minimum atomic E-state index is -0.161. The van der Waals surface area contributed by atoms with Crippen LogP contribution < -0.4 is 10.1 Å². The first-order valence-electron chi connectivity index (χ1n) is 5.46. The lowest BCUT2D eigenvalue weighted by Gasteiger charge is -2.31. The van der Waals surface area contributed by atoms with Gasteiger partial charge in [-0.25, -0.2) is 0 Å². The molecule has 1 aliphatic rings. The van der Waals surface area contributed by atoms with Gasteiger partial charge in [0.25, 0.3) is 0 Å². The van der Waals surface area contributed by atoms with Crippen molar-refractivity contribution in [2.24, 2.45) is 0 Å². The van der Waals surface area contributed by atoms with Gasteiger partial charge in [-0.15, -0.1) is 11.6 Å². The van der Waals surface area contributed by atoms with E-state index in [1.54, 1.807) is 13.2 Å². The van der Waals surface area contributed by atoms with Crippen molar-refractivity contribution in [3.05, 3.63) is 27.2 Å². The Labute approximate surface area is 116 Å². The number of hydrogen-bond acceptors (Lipinski definition) is 2. The second-order valence-electron chi connectivity index (χ2n) is 4.18. The molecule has 1 heterocycles. The van der Waals surface area contributed by atoms with E-state index in [1.165, 1.54) is 0 Å². The van der Waals surface area contributed by atoms with E-state index in [-0.39, 0.29) is 5.38 Å². The van der Waals surface area contributed by atoms with Crippen molar-refractivity contribution in [3.63, 3.8) is 0 Å². The molecule has 1 saturated heterocycles. The van der Waals surface area contributed by atoms with Crippen LogP contribution in [0.2, 0.25) is 10.0 Å². The van der Waals surface area contributed by atoms with E-state index in [0.717, 1.165) is 30.0 Å². The van der Waals surface area contributed by atoms with Crippen LogP contribution >= 0.6 is 34.8 Å². The summed E-state index contributed by atoms with van der Waals surface area (Å²) in [6, 6.07) is 1.79. The molecular weight excluding hydrogens is 280 g/mol. The molecule has 1 aromatic carbocycles. The Morgan fingerprint density at radius 1 is 1.41 bits per heavy atom. The maximum atomic E-state index is 6.28. The average Bonchev–Trinajstić information content (AvgIpc) is 2.21. The standard InChI is InChI=1S/C12H14Cl3NO/c1-6(13)8-3-9(14)11(15)10(12(8)17-2)7-4-16-5-7/h3,6-7,16H,4-5H2,1-2H3.